The topological polar surface area (TPSA) is 100 Å². The minimum atomic E-state index is -4.01. The van der Waals surface area contributed by atoms with Crippen molar-refractivity contribution in [2.24, 2.45) is 5.14 Å². The molecule has 2 aromatic rings. The van der Waals surface area contributed by atoms with Crippen molar-refractivity contribution >= 4 is 33.2 Å². The molecule has 0 radical (unpaired) electrons. The Hall–Kier alpha value is -1.19. The highest BCUT2D eigenvalue weighted by molar-refractivity contribution is 7.89. The fourth-order valence-electron chi connectivity index (χ4n) is 1.75. The summed E-state index contributed by atoms with van der Waals surface area (Å²) < 4.78 is 29.4. The Balaban J connectivity index is 2.60. The number of aromatic nitrogens is 3. The van der Waals surface area contributed by atoms with Gasteiger partial charge >= 0.3 is 0 Å². The number of rotatable bonds is 5. The van der Waals surface area contributed by atoms with Crippen molar-refractivity contribution < 1.29 is 13.2 Å². The molecule has 0 saturated heterocycles. The molecule has 0 bridgehead atoms. The van der Waals surface area contributed by atoms with Gasteiger partial charge in [-0.2, -0.15) is 0 Å². The maximum atomic E-state index is 11.6. The molecule has 2 N–H and O–H groups in total. The van der Waals surface area contributed by atoms with Crippen molar-refractivity contribution in [2.45, 2.75) is 11.7 Å². The molecule has 0 amide bonds. The largest absolute Gasteiger partial charge is 0.383 e. The molecule has 2 rings (SSSR count). The first-order chi connectivity index (χ1) is 9.84. The number of primary sulfonamides is 1. The van der Waals surface area contributed by atoms with E-state index in [-0.39, 0.29) is 24.1 Å². The predicted octanol–water partition coefficient (Wildman–Crippen LogP) is 1.55. The van der Waals surface area contributed by atoms with Crippen LogP contribution >= 0.6 is 23.2 Å². The molecule has 7 nitrogen and oxygen atoms in total. The smallest absolute Gasteiger partial charge is 0.273 e. The van der Waals surface area contributed by atoms with Crippen molar-refractivity contribution in [1.29, 1.82) is 0 Å². The fourth-order valence-corrected chi connectivity index (χ4v) is 2.89. The first kappa shape index (κ1) is 16.2. The van der Waals surface area contributed by atoms with Gasteiger partial charge in [-0.15, -0.1) is 10.2 Å². The van der Waals surface area contributed by atoms with Gasteiger partial charge < -0.3 is 4.74 Å². The maximum Gasteiger partial charge on any atom is 0.273 e. The van der Waals surface area contributed by atoms with Crippen molar-refractivity contribution in [3.63, 3.8) is 0 Å². The van der Waals surface area contributed by atoms with Crippen LogP contribution in [-0.2, 0) is 21.3 Å². The minimum Gasteiger partial charge on any atom is -0.383 e. The maximum absolute atomic E-state index is 11.6. The Morgan fingerprint density at radius 3 is 2.62 bits per heavy atom. The summed E-state index contributed by atoms with van der Waals surface area (Å²) in [7, 11) is -2.51. The number of sulfonamides is 1. The molecule has 21 heavy (non-hydrogen) atoms. The molecule has 114 valence electrons. The first-order valence-electron chi connectivity index (χ1n) is 5.75. The highest BCUT2D eigenvalue weighted by Crippen LogP contribution is 2.30. The molecule has 0 aliphatic carbocycles. The summed E-state index contributed by atoms with van der Waals surface area (Å²) >= 11 is 12.0. The van der Waals surface area contributed by atoms with Crippen LogP contribution in [0.1, 0.15) is 0 Å². The zero-order chi connectivity index (χ0) is 15.6. The lowest BCUT2D eigenvalue weighted by molar-refractivity contribution is 0.185. The highest BCUT2D eigenvalue weighted by Gasteiger charge is 2.23. The molecule has 0 unspecified atom stereocenters. The van der Waals surface area contributed by atoms with Crippen molar-refractivity contribution in [1.82, 2.24) is 14.8 Å². The van der Waals surface area contributed by atoms with Crippen LogP contribution in [0.2, 0.25) is 10.0 Å². The van der Waals surface area contributed by atoms with Gasteiger partial charge in [-0.25, -0.2) is 13.6 Å². The summed E-state index contributed by atoms with van der Waals surface area (Å²) in [6, 6.07) is 4.78. The van der Waals surface area contributed by atoms with Gasteiger partial charge in [0.2, 0.25) is 0 Å². The van der Waals surface area contributed by atoms with E-state index in [1.165, 1.54) is 17.7 Å². The van der Waals surface area contributed by atoms with E-state index in [1.807, 2.05) is 0 Å². The van der Waals surface area contributed by atoms with E-state index in [0.29, 0.717) is 15.6 Å². The number of benzene rings is 1. The molecule has 0 aliphatic heterocycles. The van der Waals surface area contributed by atoms with Crippen molar-refractivity contribution in [2.75, 3.05) is 13.7 Å². The predicted molar refractivity (Wildman–Crippen MR) is 78.7 cm³/mol. The number of hydrogen-bond donors (Lipinski definition) is 1. The van der Waals surface area contributed by atoms with Crippen LogP contribution in [0.15, 0.2) is 23.4 Å². The van der Waals surface area contributed by atoms with Gasteiger partial charge in [0.15, 0.2) is 5.82 Å². The summed E-state index contributed by atoms with van der Waals surface area (Å²) in [4.78, 5) is 0. The quantitative estimate of drug-likeness (QED) is 0.881. The molecule has 0 spiro atoms. The van der Waals surface area contributed by atoms with Crippen LogP contribution in [0.4, 0.5) is 0 Å². The second kappa shape index (κ2) is 6.29. The average molecular weight is 351 g/mol. The summed E-state index contributed by atoms with van der Waals surface area (Å²) in [5, 5.41) is 13.1. The van der Waals surface area contributed by atoms with Crippen molar-refractivity contribution in [3.05, 3.63) is 28.2 Å². The minimum absolute atomic E-state index is 0.212. The lowest BCUT2D eigenvalue weighted by atomic mass is 10.2. The number of methoxy groups -OCH3 is 1. The van der Waals surface area contributed by atoms with Crippen LogP contribution in [0.5, 0.6) is 0 Å². The second-order valence-corrected chi connectivity index (χ2v) is 6.42. The van der Waals surface area contributed by atoms with E-state index in [4.69, 9.17) is 33.1 Å². The van der Waals surface area contributed by atoms with Gasteiger partial charge in [-0.1, -0.05) is 23.2 Å². The van der Waals surface area contributed by atoms with E-state index >= 15 is 0 Å². The fraction of sp³-hybridized carbons (Fsp3) is 0.273. The summed E-state index contributed by atoms with van der Waals surface area (Å²) in [6.07, 6.45) is 0. The van der Waals surface area contributed by atoms with E-state index in [1.54, 1.807) is 12.1 Å². The zero-order valence-corrected chi connectivity index (χ0v) is 13.3. The van der Waals surface area contributed by atoms with E-state index in [2.05, 4.69) is 10.2 Å². The van der Waals surface area contributed by atoms with Gasteiger partial charge in [0, 0.05) is 17.7 Å². The Bertz CT molecular complexity index is 761. The molecule has 0 atom stereocenters. The van der Waals surface area contributed by atoms with Crippen LogP contribution in [0.3, 0.4) is 0 Å². The van der Waals surface area contributed by atoms with Crippen LogP contribution in [0.25, 0.3) is 11.4 Å². The molecule has 1 aromatic heterocycles. The standard InChI is InChI=1S/C11H12Cl2N4O3S/c1-20-5-4-17-10(15-16-11(17)21(14,18)19)8-3-2-7(12)6-9(8)13/h2-3,6H,4-5H2,1H3,(H2,14,18,19). The molecule has 0 aliphatic rings. The van der Waals surface area contributed by atoms with E-state index in [0.717, 1.165) is 0 Å². The third kappa shape index (κ3) is 3.53. The van der Waals surface area contributed by atoms with Crippen LogP contribution in [-0.4, -0.2) is 36.9 Å². The Morgan fingerprint density at radius 1 is 1.33 bits per heavy atom. The molecular weight excluding hydrogens is 339 g/mol. The molecular formula is C11H12Cl2N4O3S. The summed E-state index contributed by atoms with van der Waals surface area (Å²) in [5.41, 5.74) is 0.500. The number of nitrogens with zero attached hydrogens (tertiary/aromatic N) is 3. The third-order valence-corrected chi connectivity index (χ3v) is 4.02. The average Bonchev–Trinajstić information content (AvgIpc) is 2.79. The normalized spacial score (nSPS) is 11.8. The van der Waals surface area contributed by atoms with E-state index in [9.17, 15) is 8.42 Å². The van der Waals surface area contributed by atoms with Crippen LogP contribution in [0, 0.1) is 0 Å². The van der Waals surface area contributed by atoms with Crippen LogP contribution < -0.4 is 5.14 Å². The molecule has 1 heterocycles. The van der Waals surface area contributed by atoms with Gasteiger partial charge in [0.1, 0.15) is 0 Å². The Morgan fingerprint density at radius 2 is 2.05 bits per heavy atom. The van der Waals surface area contributed by atoms with Gasteiger partial charge in [0.05, 0.1) is 18.2 Å². The zero-order valence-electron chi connectivity index (χ0n) is 11.0. The van der Waals surface area contributed by atoms with Gasteiger partial charge in [-0.3, -0.25) is 4.57 Å². The highest BCUT2D eigenvalue weighted by atomic mass is 35.5. The number of halogens is 2. The van der Waals surface area contributed by atoms with Gasteiger partial charge in [-0.05, 0) is 18.2 Å². The van der Waals surface area contributed by atoms with E-state index < -0.39 is 10.0 Å². The molecule has 0 saturated carbocycles. The third-order valence-electron chi connectivity index (χ3n) is 2.66. The van der Waals surface area contributed by atoms with Gasteiger partial charge in [0.25, 0.3) is 15.2 Å². The lowest BCUT2D eigenvalue weighted by Gasteiger charge is -2.10. The summed E-state index contributed by atoms with van der Waals surface area (Å²) in [5.74, 6) is 0.276. The first-order valence-corrected chi connectivity index (χ1v) is 8.05. The monoisotopic (exact) mass is 350 g/mol. The molecule has 1 aromatic carbocycles. The Labute approximate surface area is 131 Å². The molecule has 10 heteroatoms. The summed E-state index contributed by atoms with van der Waals surface area (Å²) in [6.45, 7) is 0.475. The second-order valence-electron chi connectivity index (χ2n) is 4.12. The number of hydrogen-bond acceptors (Lipinski definition) is 5. The number of nitrogens with two attached hydrogens (primary N) is 1. The lowest BCUT2D eigenvalue weighted by Crippen LogP contribution is -2.20. The van der Waals surface area contributed by atoms with Crippen molar-refractivity contribution in [3.8, 4) is 11.4 Å². The SMILES string of the molecule is COCCn1c(-c2ccc(Cl)cc2Cl)nnc1S(N)(=O)=O. The number of ether oxygens (including phenoxy) is 1. The molecule has 0 fully saturated rings. The Kier molecular flexibility index (Phi) is 4.84.